The fraction of sp³-hybridized carbons (Fsp3) is 0.0189. The molecule has 0 aliphatic heterocycles. The summed E-state index contributed by atoms with van der Waals surface area (Å²) in [7, 11) is 0. The number of benzene rings is 9. The van der Waals surface area contributed by atoms with E-state index in [-0.39, 0.29) is 5.92 Å². The van der Waals surface area contributed by atoms with E-state index in [0.717, 1.165) is 50.3 Å². The summed E-state index contributed by atoms with van der Waals surface area (Å²) >= 11 is 0. The van der Waals surface area contributed by atoms with Gasteiger partial charge in [0, 0.05) is 22.3 Å². The van der Waals surface area contributed by atoms with E-state index in [4.69, 9.17) is 9.97 Å². The largest absolute Gasteiger partial charge is 0.292 e. The number of rotatable bonds is 4. The van der Waals surface area contributed by atoms with Crippen LogP contribution in [0.4, 0.5) is 0 Å². The van der Waals surface area contributed by atoms with Gasteiger partial charge in [-0.05, 0) is 103 Å². The van der Waals surface area contributed by atoms with Crippen LogP contribution >= 0.6 is 0 Å². The number of hydrogen-bond donors (Lipinski definition) is 0. The smallest absolute Gasteiger partial charge is 0.165 e. The zero-order valence-electron chi connectivity index (χ0n) is 30.4. The molecule has 0 saturated carbocycles. The van der Waals surface area contributed by atoms with Gasteiger partial charge in [0.1, 0.15) is 5.69 Å². The molecule has 2 heterocycles. The second kappa shape index (κ2) is 12.1. The van der Waals surface area contributed by atoms with Crippen LogP contribution in [-0.4, -0.2) is 14.5 Å². The summed E-state index contributed by atoms with van der Waals surface area (Å²) in [6, 6.07) is 70.3. The summed E-state index contributed by atoms with van der Waals surface area (Å²) < 4.78 is 2.36. The van der Waals surface area contributed by atoms with E-state index in [1.807, 2.05) is 12.1 Å². The van der Waals surface area contributed by atoms with Gasteiger partial charge in [0.2, 0.25) is 0 Å². The Labute approximate surface area is 323 Å². The lowest BCUT2D eigenvalue weighted by Gasteiger charge is -2.17. The van der Waals surface area contributed by atoms with E-state index in [0.29, 0.717) is 0 Å². The van der Waals surface area contributed by atoms with E-state index < -0.39 is 0 Å². The lowest BCUT2D eigenvalue weighted by atomic mass is 9.87. The van der Waals surface area contributed by atoms with Gasteiger partial charge in [0.05, 0.1) is 22.1 Å². The van der Waals surface area contributed by atoms with Crippen molar-refractivity contribution in [3.8, 4) is 39.3 Å². The highest BCUT2D eigenvalue weighted by Gasteiger charge is 2.31. The summed E-state index contributed by atoms with van der Waals surface area (Å²) in [6.45, 7) is 0. The first kappa shape index (κ1) is 31.0. The average Bonchev–Trinajstić information content (AvgIpc) is 3.77. The van der Waals surface area contributed by atoms with Gasteiger partial charge in [-0.1, -0.05) is 152 Å². The second-order valence-electron chi connectivity index (χ2n) is 14.9. The van der Waals surface area contributed by atoms with Gasteiger partial charge in [-0.2, -0.15) is 0 Å². The minimum Gasteiger partial charge on any atom is -0.292 e. The van der Waals surface area contributed by atoms with Gasteiger partial charge < -0.3 is 0 Å². The molecule has 1 aliphatic carbocycles. The Bertz CT molecular complexity index is 3380. The lowest BCUT2D eigenvalue weighted by Crippen LogP contribution is -2.04. The quantitative estimate of drug-likeness (QED) is 0.182. The normalized spacial score (nSPS) is 13.5. The van der Waals surface area contributed by atoms with Gasteiger partial charge in [-0.3, -0.25) is 4.57 Å². The number of nitrogens with zero attached hydrogens (tertiary/aromatic N) is 3. The van der Waals surface area contributed by atoms with Gasteiger partial charge in [-0.15, -0.1) is 0 Å². The predicted molar refractivity (Wildman–Crippen MR) is 233 cm³/mol. The maximum Gasteiger partial charge on any atom is 0.165 e. The van der Waals surface area contributed by atoms with Gasteiger partial charge in [-0.25, -0.2) is 9.97 Å². The molecule has 1 aliphatic rings. The van der Waals surface area contributed by atoms with E-state index >= 15 is 0 Å². The molecule has 1 unspecified atom stereocenters. The summed E-state index contributed by atoms with van der Waals surface area (Å²) in [6.07, 6.45) is 0. The van der Waals surface area contributed by atoms with Crippen LogP contribution in [-0.2, 0) is 0 Å². The van der Waals surface area contributed by atoms with Crippen LogP contribution in [0.1, 0.15) is 22.6 Å². The molecule has 12 rings (SSSR count). The van der Waals surface area contributed by atoms with Crippen LogP contribution < -0.4 is 0 Å². The molecule has 0 saturated heterocycles. The fourth-order valence-corrected chi connectivity index (χ4v) is 9.35. The Balaban J connectivity index is 1.17. The highest BCUT2D eigenvalue weighted by molar-refractivity contribution is 6.21. The van der Waals surface area contributed by atoms with Crippen LogP contribution in [0, 0.1) is 0 Å². The van der Waals surface area contributed by atoms with E-state index in [1.165, 1.54) is 60.1 Å². The predicted octanol–water partition coefficient (Wildman–Crippen LogP) is 13.5. The van der Waals surface area contributed by atoms with Crippen LogP contribution in [0.25, 0.3) is 93.7 Å². The third kappa shape index (κ3) is 4.58. The molecule has 0 spiro atoms. The van der Waals surface area contributed by atoms with Crippen molar-refractivity contribution in [1.82, 2.24) is 14.5 Å². The summed E-state index contributed by atoms with van der Waals surface area (Å²) in [5.74, 6) is 0.926. The summed E-state index contributed by atoms with van der Waals surface area (Å²) in [4.78, 5) is 10.9. The Kier molecular flexibility index (Phi) is 6.69. The molecule has 0 bridgehead atoms. The van der Waals surface area contributed by atoms with Gasteiger partial charge >= 0.3 is 0 Å². The highest BCUT2D eigenvalue weighted by atomic mass is 15.1. The van der Waals surface area contributed by atoms with Crippen molar-refractivity contribution in [3.63, 3.8) is 0 Å². The second-order valence-corrected chi connectivity index (χ2v) is 14.9. The molecule has 9 aromatic carbocycles. The Morgan fingerprint density at radius 1 is 0.393 bits per heavy atom. The van der Waals surface area contributed by atoms with Gasteiger partial charge in [0.25, 0.3) is 0 Å². The molecule has 3 nitrogen and oxygen atoms in total. The Morgan fingerprint density at radius 2 is 1.04 bits per heavy atom. The molecule has 0 N–H and O–H groups in total. The zero-order chi connectivity index (χ0) is 36.7. The van der Waals surface area contributed by atoms with Crippen LogP contribution in [0.3, 0.4) is 0 Å². The number of para-hydroxylation sites is 2. The van der Waals surface area contributed by atoms with Crippen molar-refractivity contribution in [3.05, 3.63) is 211 Å². The molecular formula is C53H33N3. The van der Waals surface area contributed by atoms with Crippen molar-refractivity contribution >= 4 is 54.4 Å². The van der Waals surface area contributed by atoms with Crippen LogP contribution in [0.15, 0.2) is 194 Å². The molecule has 11 aromatic rings. The number of fused-ring (bicyclic) bond motifs is 10. The first-order valence-corrected chi connectivity index (χ1v) is 19.3. The molecule has 0 radical (unpaired) electrons. The van der Waals surface area contributed by atoms with Crippen molar-refractivity contribution in [2.45, 2.75) is 5.92 Å². The molecule has 0 fully saturated rings. The maximum absolute atomic E-state index is 5.50. The Hall–Kier alpha value is -7.36. The molecule has 1 atom stereocenters. The highest BCUT2D eigenvalue weighted by Crippen LogP contribution is 2.50. The van der Waals surface area contributed by atoms with E-state index in [2.05, 4.69) is 187 Å². The molecule has 260 valence electrons. The third-order valence-electron chi connectivity index (χ3n) is 11.8. The van der Waals surface area contributed by atoms with Crippen molar-refractivity contribution < 1.29 is 0 Å². The standard InChI is InChI=1S/C53H33N3/c1-2-14-33(15-3-1)38-19-8-11-23-42(38)52-53(55-47-25-13-12-24-46(47)54-52)56-48-28-27-37(32-45(48)51-39-20-7-6-16-34(39)26-29-49(51)56)50-41-22-10-9-21-40(41)43-30-35-17-4-5-18-36(35)31-44(43)50/h1-32,50H. The van der Waals surface area contributed by atoms with Crippen molar-refractivity contribution in [2.24, 2.45) is 0 Å². The molecular weight excluding hydrogens is 679 g/mol. The topological polar surface area (TPSA) is 30.7 Å². The first-order valence-electron chi connectivity index (χ1n) is 19.3. The SMILES string of the molecule is c1ccc(-c2ccccc2-c2nc3ccccc3nc2-n2c3ccc(C4c5ccccc5-c5cc6ccccc6cc54)cc3c3c4ccccc4ccc32)cc1. The number of hydrogen-bond acceptors (Lipinski definition) is 2. The van der Waals surface area contributed by atoms with Crippen molar-refractivity contribution in [1.29, 1.82) is 0 Å². The first-order chi connectivity index (χ1) is 27.8. The van der Waals surface area contributed by atoms with Gasteiger partial charge in [0.15, 0.2) is 5.82 Å². The minimum atomic E-state index is 0.109. The minimum absolute atomic E-state index is 0.109. The lowest BCUT2D eigenvalue weighted by molar-refractivity contribution is 1.02. The number of aromatic nitrogens is 3. The molecule has 56 heavy (non-hydrogen) atoms. The average molecular weight is 712 g/mol. The molecule has 3 heteroatoms. The maximum atomic E-state index is 5.50. The van der Waals surface area contributed by atoms with E-state index in [9.17, 15) is 0 Å². The zero-order valence-corrected chi connectivity index (χ0v) is 30.4. The monoisotopic (exact) mass is 711 g/mol. The Morgan fingerprint density at radius 3 is 1.88 bits per heavy atom. The summed E-state index contributed by atoms with van der Waals surface area (Å²) in [5.41, 5.74) is 14.8. The third-order valence-corrected chi connectivity index (χ3v) is 11.8. The fourth-order valence-electron chi connectivity index (χ4n) is 9.35. The van der Waals surface area contributed by atoms with Crippen LogP contribution in [0.2, 0.25) is 0 Å². The molecule has 2 aromatic heterocycles. The van der Waals surface area contributed by atoms with E-state index in [1.54, 1.807) is 0 Å². The summed E-state index contributed by atoms with van der Waals surface area (Å²) in [5, 5.41) is 7.41. The molecule has 0 amide bonds. The van der Waals surface area contributed by atoms with Crippen LogP contribution in [0.5, 0.6) is 0 Å². The van der Waals surface area contributed by atoms with Crippen molar-refractivity contribution in [2.75, 3.05) is 0 Å².